The molecule has 1 aliphatic rings. The summed E-state index contributed by atoms with van der Waals surface area (Å²) in [5.74, 6) is 1.68. The van der Waals surface area contributed by atoms with E-state index >= 15 is 0 Å². The Balaban J connectivity index is 0.00000289. The molecule has 1 aliphatic heterocycles. The number of hydrogen-bond acceptors (Lipinski definition) is 4. The SMILES string of the molecule is CCNC(=NCc1nncn1-c1ccccc1)N1CCOC(c2ccc(C)cc2C)C1.I. The van der Waals surface area contributed by atoms with E-state index < -0.39 is 0 Å². The lowest BCUT2D eigenvalue weighted by Gasteiger charge is -2.36. The lowest BCUT2D eigenvalue weighted by molar-refractivity contribution is -0.00835. The van der Waals surface area contributed by atoms with Gasteiger partial charge in [-0.05, 0) is 44.0 Å². The summed E-state index contributed by atoms with van der Waals surface area (Å²) in [6.45, 7) is 9.85. The van der Waals surface area contributed by atoms with E-state index in [4.69, 9.17) is 9.73 Å². The van der Waals surface area contributed by atoms with Gasteiger partial charge in [-0.3, -0.25) is 4.57 Å². The van der Waals surface area contributed by atoms with Crippen LogP contribution in [0.2, 0.25) is 0 Å². The zero-order chi connectivity index (χ0) is 21.6. The monoisotopic (exact) mass is 546 g/mol. The van der Waals surface area contributed by atoms with Crippen molar-refractivity contribution in [3.8, 4) is 5.69 Å². The number of guanidine groups is 1. The van der Waals surface area contributed by atoms with Gasteiger partial charge in [0.25, 0.3) is 0 Å². The van der Waals surface area contributed by atoms with Crippen molar-refractivity contribution in [1.82, 2.24) is 25.0 Å². The molecule has 2 heterocycles. The fourth-order valence-electron chi connectivity index (χ4n) is 3.96. The number of aromatic nitrogens is 3. The third kappa shape index (κ3) is 5.66. The first kappa shape index (κ1) is 24.2. The number of aryl methyl sites for hydroxylation is 2. The van der Waals surface area contributed by atoms with Crippen LogP contribution in [0.3, 0.4) is 0 Å². The Bertz CT molecular complexity index is 1040. The molecule has 170 valence electrons. The fraction of sp³-hybridized carbons (Fsp3) is 0.375. The van der Waals surface area contributed by atoms with Crippen LogP contribution in [0.25, 0.3) is 5.69 Å². The number of ether oxygens (including phenoxy) is 1. The summed E-state index contributed by atoms with van der Waals surface area (Å²) in [6.07, 6.45) is 1.77. The molecule has 0 spiro atoms. The summed E-state index contributed by atoms with van der Waals surface area (Å²) >= 11 is 0. The summed E-state index contributed by atoms with van der Waals surface area (Å²) in [7, 11) is 0. The normalized spacial score (nSPS) is 16.5. The number of benzene rings is 2. The van der Waals surface area contributed by atoms with Crippen LogP contribution in [-0.2, 0) is 11.3 Å². The average molecular weight is 546 g/mol. The number of hydrogen-bond donors (Lipinski definition) is 1. The highest BCUT2D eigenvalue weighted by Crippen LogP contribution is 2.26. The number of rotatable bonds is 5. The molecule has 1 saturated heterocycles. The van der Waals surface area contributed by atoms with E-state index in [1.165, 1.54) is 16.7 Å². The topological polar surface area (TPSA) is 67.6 Å². The molecule has 1 fully saturated rings. The van der Waals surface area contributed by atoms with Gasteiger partial charge in [-0.25, -0.2) is 4.99 Å². The van der Waals surface area contributed by atoms with Crippen LogP contribution in [0.15, 0.2) is 59.9 Å². The van der Waals surface area contributed by atoms with Crippen LogP contribution in [0.4, 0.5) is 0 Å². The summed E-state index contributed by atoms with van der Waals surface area (Å²) in [6, 6.07) is 16.6. The quantitative estimate of drug-likeness (QED) is 0.297. The van der Waals surface area contributed by atoms with Crippen LogP contribution in [0.1, 0.15) is 35.5 Å². The molecule has 8 heteroatoms. The molecule has 1 aromatic heterocycles. The molecule has 0 saturated carbocycles. The van der Waals surface area contributed by atoms with Gasteiger partial charge in [0.2, 0.25) is 0 Å². The van der Waals surface area contributed by atoms with E-state index in [1.807, 2.05) is 34.9 Å². The molecule has 1 N–H and O–H groups in total. The molecule has 0 amide bonds. The Kier molecular flexibility index (Phi) is 8.63. The van der Waals surface area contributed by atoms with Crippen molar-refractivity contribution in [2.45, 2.75) is 33.4 Å². The van der Waals surface area contributed by atoms with Crippen molar-refractivity contribution in [3.05, 3.63) is 77.4 Å². The number of halogens is 1. The number of nitrogens with zero attached hydrogens (tertiary/aromatic N) is 5. The maximum atomic E-state index is 6.12. The molecular formula is C24H31IN6O. The smallest absolute Gasteiger partial charge is 0.194 e. The fourth-order valence-corrected chi connectivity index (χ4v) is 3.96. The molecule has 7 nitrogen and oxygen atoms in total. The minimum atomic E-state index is 0. The maximum Gasteiger partial charge on any atom is 0.194 e. The summed E-state index contributed by atoms with van der Waals surface area (Å²) in [5, 5.41) is 11.8. The molecule has 3 aromatic rings. The molecular weight excluding hydrogens is 515 g/mol. The van der Waals surface area contributed by atoms with Gasteiger partial charge in [0.05, 0.1) is 13.2 Å². The highest BCUT2D eigenvalue weighted by atomic mass is 127. The highest BCUT2D eigenvalue weighted by Gasteiger charge is 2.25. The first-order chi connectivity index (χ1) is 15.2. The Labute approximate surface area is 206 Å². The average Bonchev–Trinajstić information content (AvgIpc) is 3.26. The number of nitrogens with one attached hydrogen (secondary N) is 1. The van der Waals surface area contributed by atoms with Gasteiger partial charge in [0.15, 0.2) is 11.8 Å². The van der Waals surface area contributed by atoms with Crippen molar-refractivity contribution < 1.29 is 4.74 Å². The van der Waals surface area contributed by atoms with Crippen LogP contribution in [0.5, 0.6) is 0 Å². The van der Waals surface area contributed by atoms with Crippen molar-refractivity contribution in [2.75, 3.05) is 26.2 Å². The molecule has 0 aliphatic carbocycles. The zero-order valence-corrected chi connectivity index (χ0v) is 21.2. The predicted octanol–water partition coefficient (Wildman–Crippen LogP) is 4.04. The van der Waals surface area contributed by atoms with Gasteiger partial charge in [0, 0.05) is 18.8 Å². The largest absolute Gasteiger partial charge is 0.370 e. The van der Waals surface area contributed by atoms with Crippen LogP contribution in [0, 0.1) is 13.8 Å². The predicted molar refractivity (Wildman–Crippen MR) is 138 cm³/mol. The minimum absolute atomic E-state index is 0. The highest BCUT2D eigenvalue weighted by molar-refractivity contribution is 14.0. The Morgan fingerprint density at radius 3 is 2.75 bits per heavy atom. The molecule has 32 heavy (non-hydrogen) atoms. The molecule has 0 bridgehead atoms. The minimum Gasteiger partial charge on any atom is -0.370 e. The first-order valence-electron chi connectivity index (χ1n) is 10.8. The third-order valence-corrected chi connectivity index (χ3v) is 5.50. The molecule has 4 rings (SSSR count). The van der Waals surface area contributed by atoms with E-state index in [9.17, 15) is 0 Å². The lowest BCUT2D eigenvalue weighted by Crippen LogP contribution is -2.48. The van der Waals surface area contributed by atoms with Crippen LogP contribution in [-0.4, -0.2) is 51.9 Å². The lowest BCUT2D eigenvalue weighted by atomic mass is 10.00. The summed E-state index contributed by atoms with van der Waals surface area (Å²) in [5.41, 5.74) is 4.81. The van der Waals surface area contributed by atoms with Gasteiger partial charge in [-0.2, -0.15) is 0 Å². The van der Waals surface area contributed by atoms with E-state index in [0.717, 1.165) is 37.1 Å². The van der Waals surface area contributed by atoms with E-state index in [1.54, 1.807) is 6.33 Å². The van der Waals surface area contributed by atoms with Gasteiger partial charge in [-0.15, -0.1) is 34.2 Å². The third-order valence-electron chi connectivity index (χ3n) is 5.50. The summed E-state index contributed by atoms with van der Waals surface area (Å²) < 4.78 is 8.10. The van der Waals surface area contributed by atoms with Crippen molar-refractivity contribution >= 4 is 29.9 Å². The Morgan fingerprint density at radius 1 is 1.19 bits per heavy atom. The zero-order valence-electron chi connectivity index (χ0n) is 18.9. The van der Waals surface area contributed by atoms with Crippen molar-refractivity contribution in [1.29, 1.82) is 0 Å². The second-order valence-electron chi connectivity index (χ2n) is 7.79. The Morgan fingerprint density at radius 2 is 2.00 bits per heavy atom. The van der Waals surface area contributed by atoms with Crippen LogP contribution >= 0.6 is 24.0 Å². The Hall–Kier alpha value is -2.46. The maximum absolute atomic E-state index is 6.12. The van der Waals surface area contributed by atoms with E-state index in [0.29, 0.717) is 13.2 Å². The number of morpholine rings is 1. The van der Waals surface area contributed by atoms with E-state index in [-0.39, 0.29) is 30.1 Å². The van der Waals surface area contributed by atoms with Gasteiger partial charge in [-0.1, -0.05) is 42.0 Å². The van der Waals surface area contributed by atoms with Crippen molar-refractivity contribution in [3.63, 3.8) is 0 Å². The first-order valence-corrected chi connectivity index (χ1v) is 10.8. The van der Waals surface area contributed by atoms with Gasteiger partial charge >= 0.3 is 0 Å². The second-order valence-corrected chi connectivity index (χ2v) is 7.79. The number of para-hydroxylation sites is 1. The number of aliphatic imine (C=N–C) groups is 1. The molecule has 2 aromatic carbocycles. The molecule has 1 unspecified atom stereocenters. The van der Waals surface area contributed by atoms with E-state index in [2.05, 4.69) is 59.4 Å². The van der Waals surface area contributed by atoms with Gasteiger partial charge < -0.3 is 15.0 Å². The van der Waals surface area contributed by atoms with Gasteiger partial charge in [0.1, 0.15) is 19.0 Å². The van der Waals surface area contributed by atoms with Crippen molar-refractivity contribution in [2.24, 2.45) is 4.99 Å². The standard InChI is InChI=1S/C24H30N6O.HI/c1-4-25-24(26-15-23-28-27-17-30(23)20-8-6-5-7-9-20)29-12-13-31-22(16-29)21-11-10-18(2)14-19(21)3;/h5-11,14,17,22H,4,12-13,15-16H2,1-3H3,(H,25,26);1H. The van der Waals surface area contributed by atoms with Crippen LogP contribution < -0.4 is 5.32 Å². The summed E-state index contributed by atoms with van der Waals surface area (Å²) in [4.78, 5) is 7.16. The molecule has 1 atom stereocenters. The second kappa shape index (κ2) is 11.4. The molecule has 0 radical (unpaired) electrons.